The number of ether oxygens (including phenoxy) is 1. The molecule has 2 rings (SSSR count). The molecule has 0 atom stereocenters. The van der Waals surface area contributed by atoms with E-state index in [0.717, 1.165) is 28.5 Å². The van der Waals surface area contributed by atoms with Gasteiger partial charge in [-0.05, 0) is 11.6 Å². The summed E-state index contributed by atoms with van der Waals surface area (Å²) in [5, 5.41) is 3.11. The molecule has 0 fully saturated rings. The van der Waals surface area contributed by atoms with Crippen molar-refractivity contribution in [1.82, 2.24) is 9.97 Å². The Balaban J connectivity index is 2.50. The number of nitrogens with one attached hydrogen (secondary N) is 1. The van der Waals surface area contributed by atoms with Crippen molar-refractivity contribution < 1.29 is 4.74 Å². The first-order valence-electron chi connectivity index (χ1n) is 7.09. The van der Waals surface area contributed by atoms with Crippen molar-refractivity contribution in [3.63, 3.8) is 0 Å². The minimum Gasteiger partial charge on any atom is -0.380 e. The lowest BCUT2D eigenvalue weighted by Gasteiger charge is -2.19. The summed E-state index contributed by atoms with van der Waals surface area (Å²) in [6.45, 7) is 7.05. The Morgan fingerprint density at radius 3 is 2.52 bits per heavy atom. The summed E-state index contributed by atoms with van der Waals surface area (Å²) in [5.41, 5.74) is 3.12. The van der Waals surface area contributed by atoms with Crippen LogP contribution in [0.4, 0.5) is 5.82 Å². The maximum absolute atomic E-state index is 5.19. The Morgan fingerprint density at radius 2 is 1.90 bits per heavy atom. The summed E-state index contributed by atoms with van der Waals surface area (Å²) < 4.78 is 5.19. The summed E-state index contributed by atoms with van der Waals surface area (Å²) >= 11 is 0. The molecule has 0 radical (unpaired) electrons. The molecule has 0 saturated heterocycles. The van der Waals surface area contributed by atoms with Crippen LogP contribution in [0.15, 0.2) is 30.3 Å². The lowest BCUT2D eigenvalue weighted by molar-refractivity contribution is 0.185. The maximum Gasteiger partial charge on any atom is 0.161 e. The van der Waals surface area contributed by atoms with Gasteiger partial charge in [0.25, 0.3) is 0 Å². The molecule has 0 spiro atoms. The largest absolute Gasteiger partial charge is 0.380 e. The molecule has 1 N–H and O–H groups in total. The van der Waals surface area contributed by atoms with E-state index < -0.39 is 0 Å². The molecular formula is C17H23N3O. The van der Waals surface area contributed by atoms with Crippen LogP contribution in [-0.2, 0) is 16.8 Å². The van der Waals surface area contributed by atoms with Gasteiger partial charge in [-0.3, -0.25) is 0 Å². The fourth-order valence-corrected chi connectivity index (χ4v) is 2.06. The molecule has 4 heteroatoms. The van der Waals surface area contributed by atoms with E-state index in [4.69, 9.17) is 9.72 Å². The average Bonchev–Trinajstić information content (AvgIpc) is 2.46. The zero-order valence-electron chi connectivity index (χ0n) is 13.4. The first-order valence-corrected chi connectivity index (χ1v) is 7.09. The molecule has 0 saturated carbocycles. The molecule has 0 aliphatic rings. The highest BCUT2D eigenvalue weighted by molar-refractivity contribution is 5.59. The summed E-state index contributed by atoms with van der Waals surface area (Å²) in [5.74, 6) is 1.58. The Kier molecular flexibility index (Phi) is 4.58. The number of aromatic nitrogens is 2. The van der Waals surface area contributed by atoms with Gasteiger partial charge in [0.2, 0.25) is 0 Å². The molecule has 0 aliphatic heterocycles. The van der Waals surface area contributed by atoms with E-state index in [0.29, 0.717) is 6.61 Å². The third-order valence-electron chi connectivity index (χ3n) is 3.25. The van der Waals surface area contributed by atoms with Crippen molar-refractivity contribution in [1.29, 1.82) is 0 Å². The first-order chi connectivity index (χ1) is 9.94. The Morgan fingerprint density at radius 1 is 1.14 bits per heavy atom. The van der Waals surface area contributed by atoms with Gasteiger partial charge in [0.1, 0.15) is 5.82 Å². The smallest absolute Gasteiger partial charge is 0.161 e. The molecule has 112 valence electrons. The average molecular weight is 285 g/mol. The second-order valence-electron chi connectivity index (χ2n) is 6.10. The standard InChI is InChI=1S/C17H23N3O/c1-17(2,3)14-10-15(18-4)20-16(19-14)13-8-6-7-12(9-13)11-21-5/h6-10H,11H2,1-5H3,(H,18,19,20). The number of benzene rings is 1. The molecule has 1 heterocycles. The second-order valence-corrected chi connectivity index (χ2v) is 6.10. The van der Waals surface area contributed by atoms with E-state index in [2.05, 4.69) is 37.1 Å². The number of nitrogens with zero attached hydrogens (tertiary/aromatic N) is 2. The molecule has 0 unspecified atom stereocenters. The van der Waals surface area contributed by atoms with E-state index in [1.54, 1.807) is 7.11 Å². The van der Waals surface area contributed by atoms with Gasteiger partial charge in [-0.2, -0.15) is 0 Å². The fraction of sp³-hybridized carbons (Fsp3) is 0.412. The van der Waals surface area contributed by atoms with Gasteiger partial charge >= 0.3 is 0 Å². The van der Waals surface area contributed by atoms with Gasteiger partial charge in [-0.1, -0.05) is 39.0 Å². The van der Waals surface area contributed by atoms with Crippen LogP contribution < -0.4 is 5.32 Å². The number of anilines is 1. The maximum atomic E-state index is 5.19. The van der Waals surface area contributed by atoms with Crippen molar-refractivity contribution in [2.24, 2.45) is 0 Å². The lowest BCUT2D eigenvalue weighted by atomic mass is 9.91. The van der Waals surface area contributed by atoms with Crippen molar-refractivity contribution in [2.75, 3.05) is 19.5 Å². The zero-order valence-corrected chi connectivity index (χ0v) is 13.4. The van der Waals surface area contributed by atoms with E-state index in [-0.39, 0.29) is 5.41 Å². The van der Waals surface area contributed by atoms with Crippen LogP contribution >= 0.6 is 0 Å². The van der Waals surface area contributed by atoms with Gasteiger partial charge in [0.15, 0.2) is 5.82 Å². The molecule has 1 aromatic heterocycles. The van der Waals surface area contributed by atoms with Crippen LogP contribution in [0.25, 0.3) is 11.4 Å². The second kappa shape index (κ2) is 6.22. The van der Waals surface area contributed by atoms with Gasteiger partial charge in [0, 0.05) is 31.2 Å². The summed E-state index contributed by atoms with van der Waals surface area (Å²) in [6, 6.07) is 10.2. The van der Waals surface area contributed by atoms with Gasteiger partial charge in [-0.25, -0.2) is 9.97 Å². The number of hydrogen-bond donors (Lipinski definition) is 1. The normalized spacial score (nSPS) is 11.5. The molecule has 21 heavy (non-hydrogen) atoms. The molecule has 2 aromatic rings. The Labute approximate surface area is 126 Å². The van der Waals surface area contributed by atoms with E-state index in [1.807, 2.05) is 31.3 Å². The minimum atomic E-state index is -0.0204. The topological polar surface area (TPSA) is 47.0 Å². The van der Waals surface area contributed by atoms with E-state index in [1.165, 1.54) is 0 Å². The van der Waals surface area contributed by atoms with Crippen molar-refractivity contribution >= 4 is 5.82 Å². The number of hydrogen-bond acceptors (Lipinski definition) is 4. The molecule has 1 aromatic carbocycles. The quantitative estimate of drug-likeness (QED) is 0.932. The van der Waals surface area contributed by atoms with Gasteiger partial charge in [0.05, 0.1) is 12.3 Å². The van der Waals surface area contributed by atoms with Gasteiger partial charge < -0.3 is 10.1 Å². The molecular weight excluding hydrogens is 262 g/mol. The van der Waals surface area contributed by atoms with Crippen LogP contribution in [0.5, 0.6) is 0 Å². The highest BCUT2D eigenvalue weighted by Gasteiger charge is 2.18. The van der Waals surface area contributed by atoms with Crippen LogP contribution in [0.3, 0.4) is 0 Å². The highest BCUT2D eigenvalue weighted by Crippen LogP contribution is 2.26. The van der Waals surface area contributed by atoms with Gasteiger partial charge in [-0.15, -0.1) is 0 Å². The predicted molar refractivity (Wildman–Crippen MR) is 86.4 cm³/mol. The third kappa shape index (κ3) is 3.79. The van der Waals surface area contributed by atoms with Crippen LogP contribution in [0, 0.1) is 0 Å². The SMILES string of the molecule is CNc1cc(C(C)(C)C)nc(-c2cccc(COC)c2)n1. The lowest BCUT2D eigenvalue weighted by Crippen LogP contribution is -2.15. The molecule has 0 bridgehead atoms. The van der Waals surface area contributed by atoms with Crippen molar-refractivity contribution in [3.8, 4) is 11.4 Å². The number of methoxy groups -OCH3 is 1. The van der Waals surface area contributed by atoms with Crippen molar-refractivity contribution in [3.05, 3.63) is 41.6 Å². The van der Waals surface area contributed by atoms with Crippen LogP contribution in [0.1, 0.15) is 32.0 Å². The molecule has 0 aliphatic carbocycles. The summed E-state index contributed by atoms with van der Waals surface area (Å²) in [6.07, 6.45) is 0. The first kappa shape index (κ1) is 15.4. The molecule has 4 nitrogen and oxygen atoms in total. The minimum absolute atomic E-state index is 0.0204. The highest BCUT2D eigenvalue weighted by atomic mass is 16.5. The Hall–Kier alpha value is -1.94. The summed E-state index contributed by atoms with van der Waals surface area (Å²) in [4.78, 5) is 9.31. The van der Waals surface area contributed by atoms with E-state index >= 15 is 0 Å². The number of rotatable bonds is 4. The summed E-state index contributed by atoms with van der Waals surface area (Å²) in [7, 11) is 3.57. The van der Waals surface area contributed by atoms with E-state index in [9.17, 15) is 0 Å². The predicted octanol–water partition coefficient (Wildman–Crippen LogP) is 3.63. The van der Waals surface area contributed by atoms with Crippen LogP contribution in [0.2, 0.25) is 0 Å². The van der Waals surface area contributed by atoms with Crippen LogP contribution in [-0.4, -0.2) is 24.1 Å². The third-order valence-corrected chi connectivity index (χ3v) is 3.25. The zero-order chi connectivity index (χ0) is 15.5. The fourth-order valence-electron chi connectivity index (χ4n) is 2.06. The molecule has 0 amide bonds. The monoisotopic (exact) mass is 285 g/mol. The Bertz CT molecular complexity index is 618. The van der Waals surface area contributed by atoms with Crippen molar-refractivity contribution in [2.45, 2.75) is 32.8 Å².